The van der Waals surface area contributed by atoms with E-state index in [1.54, 1.807) is 5.57 Å². The number of guanidine groups is 1. The van der Waals surface area contributed by atoms with E-state index < -0.39 is 0 Å². The van der Waals surface area contributed by atoms with Crippen LogP contribution in [0.4, 0.5) is 5.69 Å². The Hall–Kier alpha value is -2.01. The first-order valence-corrected chi connectivity index (χ1v) is 9.90. The van der Waals surface area contributed by atoms with Crippen LogP contribution in [0.15, 0.2) is 40.9 Å². The third-order valence-electron chi connectivity index (χ3n) is 5.14. The molecule has 26 heavy (non-hydrogen) atoms. The SMILES string of the molecule is CN=C(NCCC1=CCCCC1)NCc1ccccc1N1CCOCC1. The Morgan fingerprint density at radius 3 is 2.77 bits per heavy atom. The zero-order chi connectivity index (χ0) is 18.0. The number of rotatable bonds is 6. The van der Waals surface area contributed by atoms with Gasteiger partial charge < -0.3 is 20.3 Å². The van der Waals surface area contributed by atoms with Crippen LogP contribution < -0.4 is 15.5 Å². The number of para-hydroxylation sites is 1. The lowest BCUT2D eigenvalue weighted by Gasteiger charge is -2.30. The first-order valence-electron chi connectivity index (χ1n) is 9.90. The summed E-state index contributed by atoms with van der Waals surface area (Å²) in [5.74, 6) is 0.873. The summed E-state index contributed by atoms with van der Waals surface area (Å²) in [6, 6.07) is 8.61. The van der Waals surface area contributed by atoms with E-state index in [0.29, 0.717) is 0 Å². The van der Waals surface area contributed by atoms with Crippen LogP contribution in [0.3, 0.4) is 0 Å². The van der Waals surface area contributed by atoms with Crippen molar-refractivity contribution in [3.63, 3.8) is 0 Å². The van der Waals surface area contributed by atoms with Gasteiger partial charge in [-0.3, -0.25) is 4.99 Å². The maximum absolute atomic E-state index is 5.48. The zero-order valence-corrected chi connectivity index (χ0v) is 16.0. The molecule has 0 amide bonds. The molecule has 2 aliphatic rings. The molecule has 1 aromatic carbocycles. The van der Waals surface area contributed by atoms with Crippen LogP contribution in [0.2, 0.25) is 0 Å². The van der Waals surface area contributed by atoms with Crippen molar-refractivity contribution in [2.75, 3.05) is 44.8 Å². The molecule has 142 valence electrons. The van der Waals surface area contributed by atoms with Crippen LogP contribution in [-0.2, 0) is 11.3 Å². The smallest absolute Gasteiger partial charge is 0.191 e. The highest BCUT2D eigenvalue weighted by molar-refractivity contribution is 5.79. The number of anilines is 1. The highest BCUT2D eigenvalue weighted by atomic mass is 16.5. The number of hydrogen-bond acceptors (Lipinski definition) is 3. The minimum absolute atomic E-state index is 0.774. The highest BCUT2D eigenvalue weighted by Crippen LogP contribution is 2.21. The molecule has 0 aromatic heterocycles. The van der Waals surface area contributed by atoms with Crippen molar-refractivity contribution in [1.29, 1.82) is 0 Å². The fraction of sp³-hybridized carbons (Fsp3) is 0.571. The molecule has 0 unspecified atom stereocenters. The van der Waals surface area contributed by atoms with Crippen LogP contribution in [0.5, 0.6) is 0 Å². The maximum atomic E-state index is 5.48. The van der Waals surface area contributed by atoms with E-state index in [1.165, 1.54) is 36.9 Å². The summed E-state index contributed by atoms with van der Waals surface area (Å²) in [5.41, 5.74) is 4.19. The quantitative estimate of drug-likeness (QED) is 0.467. The average molecular weight is 357 g/mol. The molecule has 5 nitrogen and oxygen atoms in total. The first kappa shape index (κ1) is 18.8. The molecule has 0 atom stereocenters. The second kappa shape index (κ2) is 10.2. The number of nitrogens with zero attached hydrogens (tertiary/aromatic N) is 2. The monoisotopic (exact) mass is 356 g/mol. The van der Waals surface area contributed by atoms with Crippen LogP contribution in [0.1, 0.15) is 37.7 Å². The number of allylic oxidation sites excluding steroid dienone is 1. The molecule has 1 heterocycles. The minimum Gasteiger partial charge on any atom is -0.378 e. The van der Waals surface area contributed by atoms with Gasteiger partial charge in [-0.15, -0.1) is 0 Å². The Morgan fingerprint density at radius 1 is 1.15 bits per heavy atom. The molecular weight excluding hydrogens is 324 g/mol. The molecular formula is C21H32N4O. The van der Waals surface area contributed by atoms with E-state index in [1.807, 2.05) is 7.05 Å². The third-order valence-corrected chi connectivity index (χ3v) is 5.14. The Morgan fingerprint density at radius 2 is 2.00 bits per heavy atom. The van der Waals surface area contributed by atoms with E-state index in [0.717, 1.165) is 51.8 Å². The van der Waals surface area contributed by atoms with Crippen molar-refractivity contribution in [2.24, 2.45) is 4.99 Å². The van der Waals surface area contributed by atoms with Gasteiger partial charge in [-0.2, -0.15) is 0 Å². The van der Waals surface area contributed by atoms with Crippen LogP contribution in [0, 0.1) is 0 Å². The summed E-state index contributed by atoms with van der Waals surface area (Å²) < 4.78 is 5.48. The van der Waals surface area contributed by atoms with Gasteiger partial charge in [-0.25, -0.2) is 0 Å². The Bertz CT molecular complexity index is 620. The second-order valence-electron chi connectivity index (χ2n) is 6.94. The van der Waals surface area contributed by atoms with Crippen LogP contribution >= 0.6 is 0 Å². The number of nitrogens with one attached hydrogen (secondary N) is 2. The molecule has 3 rings (SSSR count). The van der Waals surface area contributed by atoms with Crippen molar-refractivity contribution in [2.45, 2.75) is 38.6 Å². The lowest BCUT2D eigenvalue weighted by atomic mass is 9.97. The van der Waals surface area contributed by atoms with E-state index in [-0.39, 0.29) is 0 Å². The number of benzene rings is 1. The third kappa shape index (κ3) is 5.49. The van der Waals surface area contributed by atoms with Crippen molar-refractivity contribution in [1.82, 2.24) is 10.6 Å². The summed E-state index contributed by atoms with van der Waals surface area (Å²) in [4.78, 5) is 6.78. The van der Waals surface area contributed by atoms with Crippen LogP contribution in [-0.4, -0.2) is 45.9 Å². The summed E-state index contributed by atoms with van der Waals surface area (Å²) in [6.07, 6.45) is 8.74. The van der Waals surface area contributed by atoms with E-state index in [2.05, 4.69) is 50.9 Å². The van der Waals surface area contributed by atoms with Gasteiger partial charge in [-0.05, 0) is 43.7 Å². The van der Waals surface area contributed by atoms with Gasteiger partial charge >= 0.3 is 0 Å². The van der Waals surface area contributed by atoms with Gasteiger partial charge in [0.25, 0.3) is 0 Å². The topological polar surface area (TPSA) is 48.9 Å². The lowest BCUT2D eigenvalue weighted by Crippen LogP contribution is -2.39. The molecule has 0 bridgehead atoms. The van der Waals surface area contributed by atoms with E-state index in [9.17, 15) is 0 Å². The number of ether oxygens (including phenoxy) is 1. The highest BCUT2D eigenvalue weighted by Gasteiger charge is 2.14. The zero-order valence-electron chi connectivity index (χ0n) is 16.0. The van der Waals surface area contributed by atoms with Gasteiger partial charge in [0.2, 0.25) is 0 Å². The van der Waals surface area contributed by atoms with Gasteiger partial charge in [0, 0.05) is 38.9 Å². The molecule has 2 N–H and O–H groups in total. The predicted octanol–water partition coefficient (Wildman–Crippen LogP) is 3.08. The first-order chi connectivity index (χ1) is 12.9. The predicted molar refractivity (Wildman–Crippen MR) is 109 cm³/mol. The molecule has 0 radical (unpaired) electrons. The van der Waals surface area contributed by atoms with Crippen LogP contribution in [0.25, 0.3) is 0 Å². The lowest BCUT2D eigenvalue weighted by molar-refractivity contribution is 0.122. The Balaban J connectivity index is 1.49. The average Bonchev–Trinajstić information content (AvgIpc) is 2.72. The largest absolute Gasteiger partial charge is 0.378 e. The van der Waals surface area contributed by atoms with Gasteiger partial charge in [-0.1, -0.05) is 29.8 Å². The molecule has 0 saturated carbocycles. The van der Waals surface area contributed by atoms with Crippen molar-refractivity contribution in [3.8, 4) is 0 Å². The molecule has 0 spiro atoms. The minimum atomic E-state index is 0.774. The standard InChI is InChI=1S/C21H32N4O/c1-22-21(23-12-11-18-7-3-2-4-8-18)24-17-19-9-5-6-10-20(19)25-13-15-26-16-14-25/h5-7,9-10H,2-4,8,11-17H2,1H3,(H2,22,23,24). The fourth-order valence-corrected chi connectivity index (χ4v) is 3.65. The van der Waals surface area contributed by atoms with Crippen molar-refractivity contribution < 1.29 is 4.74 Å². The Labute approximate surface area is 157 Å². The van der Waals surface area contributed by atoms with Crippen molar-refractivity contribution in [3.05, 3.63) is 41.5 Å². The van der Waals surface area contributed by atoms with Crippen molar-refractivity contribution >= 4 is 11.6 Å². The molecule has 5 heteroatoms. The van der Waals surface area contributed by atoms with E-state index >= 15 is 0 Å². The number of morpholine rings is 1. The summed E-state index contributed by atoms with van der Waals surface area (Å²) in [7, 11) is 1.84. The molecule has 1 aromatic rings. The summed E-state index contributed by atoms with van der Waals surface area (Å²) in [5, 5.41) is 6.91. The fourth-order valence-electron chi connectivity index (χ4n) is 3.65. The normalized spacial score (nSPS) is 18.4. The second-order valence-corrected chi connectivity index (χ2v) is 6.94. The summed E-state index contributed by atoms with van der Waals surface area (Å²) in [6.45, 7) is 5.24. The van der Waals surface area contributed by atoms with Gasteiger partial charge in [0.15, 0.2) is 5.96 Å². The molecule has 1 fully saturated rings. The van der Waals surface area contributed by atoms with Gasteiger partial charge in [0.1, 0.15) is 0 Å². The molecule has 1 aliphatic heterocycles. The maximum Gasteiger partial charge on any atom is 0.191 e. The van der Waals surface area contributed by atoms with E-state index in [4.69, 9.17) is 4.74 Å². The number of aliphatic imine (C=N–C) groups is 1. The summed E-state index contributed by atoms with van der Waals surface area (Å²) >= 11 is 0. The van der Waals surface area contributed by atoms with Gasteiger partial charge in [0.05, 0.1) is 13.2 Å². The Kier molecular flexibility index (Phi) is 7.37. The molecule has 1 saturated heterocycles. The number of hydrogen-bond donors (Lipinski definition) is 2. The molecule has 1 aliphatic carbocycles.